The molecule has 4 heteroatoms. The lowest BCUT2D eigenvalue weighted by molar-refractivity contribution is 0.104. The van der Waals surface area contributed by atoms with E-state index < -0.39 is 0 Å². The molecular formula is C17H16O4. The van der Waals surface area contributed by atoms with Gasteiger partial charge >= 0.3 is 0 Å². The Hall–Kier alpha value is -2.75. The van der Waals surface area contributed by atoms with E-state index in [0.717, 1.165) is 5.56 Å². The van der Waals surface area contributed by atoms with E-state index in [0.29, 0.717) is 11.5 Å². The Morgan fingerprint density at radius 3 is 2.57 bits per heavy atom. The Bertz CT molecular complexity index is 674. The van der Waals surface area contributed by atoms with E-state index in [1.165, 1.54) is 19.3 Å². The summed E-state index contributed by atoms with van der Waals surface area (Å²) >= 11 is 0. The number of phenolic OH excluding ortho intramolecular Hbond substituents is 1. The van der Waals surface area contributed by atoms with Gasteiger partial charge in [0.2, 0.25) is 0 Å². The summed E-state index contributed by atoms with van der Waals surface area (Å²) < 4.78 is 10.2. The fourth-order valence-corrected chi connectivity index (χ4v) is 1.94. The zero-order chi connectivity index (χ0) is 15.2. The third kappa shape index (κ3) is 3.42. The van der Waals surface area contributed by atoms with Crippen molar-refractivity contribution < 1.29 is 19.4 Å². The molecule has 0 fully saturated rings. The maximum atomic E-state index is 12.2. The summed E-state index contributed by atoms with van der Waals surface area (Å²) in [6.07, 6.45) is 3.06. The molecule has 0 radical (unpaired) electrons. The maximum Gasteiger partial charge on any atom is 0.193 e. The van der Waals surface area contributed by atoms with Gasteiger partial charge in [-0.05, 0) is 35.9 Å². The van der Waals surface area contributed by atoms with E-state index in [4.69, 9.17) is 9.47 Å². The van der Waals surface area contributed by atoms with Gasteiger partial charge in [-0.25, -0.2) is 0 Å². The lowest BCUT2D eigenvalue weighted by atomic mass is 10.1. The van der Waals surface area contributed by atoms with Crippen molar-refractivity contribution >= 4 is 11.9 Å². The minimum atomic E-state index is -0.326. The molecule has 2 aromatic rings. The second-order valence-electron chi connectivity index (χ2n) is 4.33. The van der Waals surface area contributed by atoms with Crippen LogP contribution in [-0.2, 0) is 0 Å². The predicted molar refractivity (Wildman–Crippen MR) is 81.0 cm³/mol. The van der Waals surface area contributed by atoms with Crippen molar-refractivity contribution in [3.63, 3.8) is 0 Å². The monoisotopic (exact) mass is 284 g/mol. The second-order valence-corrected chi connectivity index (χ2v) is 4.33. The number of ether oxygens (including phenoxy) is 2. The molecule has 0 saturated carbocycles. The highest BCUT2D eigenvalue weighted by Crippen LogP contribution is 2.28. The van der Waals surface area contributed by atoms with Crippen molar-refractivity contribution in [3.8, 4) is 17.2 Å². The SMILES string of the molecule is COc1cccc(C=CC(=O)c2c(O)cccc2OC)c1. The number of phenols is 1. The van der Waals surface area contributed by atoms with Crippen LogP contribution in [0.2, 0.25) is 0 Å². The third-order valence-corrected chi connectivity index (χ3v) is 2.99. The number of rotatable bonds is 5. The molecule has 1 N–H and O–H groups in total. The summed E-state index contributed by atoms with van der Waals surface area (Å²) in [5.41, 5.74) is 0.983. The van der Waals surface area contributed by atoms with Crippen LogP contribution in [0.4, 0.5) is 0 Å². The third-order valence-electron chi connectivity index (χ3n) is 2.99. The first-order valence-electron chi connectivity index (χ1n) is 6.38. The van der Waals surface area contributed by atoms with E-state index in [2.05, 4.69) is 0 Å². The van der Waals surface area contributed by atoms with Crippen molar-refractivity contribution in [2.75, 3.05) is 14.2 Å². The zero-order valence-electron chi connectivity index (χ0n) is 11.9. The Balaban J connectivity index is 2.27. The van der Waals surface area contributed by atoms with Crippen LogP contribution in [0.1, 0.15) is 15.9 Å². The number of allylic oxidation sites excluding steroid dienone is 1. The Morgan fingerprint density at radius 1 is 1.10 bits per heavy atom. The molecule has 0 spiro atoms. The van der Waals surface area contributed by atoms with Gasteiger partial charge < -0.3 is 14.6 Å². The van der Waals surface area contributed by atoms with Gasteiger partial charge in [-0.3, -0.25) is 4.79 Å². The van der Waals surface area contributed by atoms with E-state index in [1.807, 2.05) is 24.3 Å². The van der Waals surface area contributed by atoms with Crippen molar-refractivity contribution in [2.24, 2.45) is 0 Å². The summed E-state index contributed by atoms with van der Waals surface area (Å²) in [6, 6.07) is 12.0. The first-order chi connectivity index (χ1) is 10.2. The topological polar surface area (TPSA) is 55.8 Å². The standard InChI is InChI=1S/C17H16O4/c1-20-13-6-3-5-12(11-13)9-10-15(19)17-14(18)7-4-8-16(17)21-2/h3-11,18H,1-2H3. The van der Waals surface area contributed by atoms with Gasteiger partial charge in [0.25, 0.3) is 0 Å². The van der Waals surface area contributed by atoms with Gasteiger partial charge in [-0.1, -0.05) is 24.3 Å². The molecule has 2 rings (SSSR count). The highest BCUT2D eigenvalue weighted by atomic mass is 16.5. The smallest absolute Gasteiger partial charge is 0.193 e. The minimum absolute atomic E-state index is 0.102. The fourth-order valence-electron chi connectivity index (χ4n) is 1.94. The molecule has 0 aliphatic rings. The number of methoxy groups -OCH3 is 2. The van der Waals surface area contributed by atoms with Crippen LogP contribution in [0, 0.1) is 0 Å². The highest BCUT2D eigenvalue weighted by Gasteiger charge is 2.14. The minimum Gasteiger partial charge on any atom is -0.507 e. The van der Waals surface area contributed by atoms with Crippen LogP contribution in [-0.4, -0.2) is 25.1 Å². The van der Waals surface area contributed by atoms with Gasteiger partial charge in [0, 0.05) is 0 Å². The molecular weight excluding hydrogens is 268 g/mol. The van der Waals surface area contributed by atoms with Gasteiger partial charge in [-0.2, -0.15) is 0 Å². The number of carbonyl (C=O) groups is 1. The molecule has 0 saturated heterocycles. The maximum absolute atomic E-state index is 12.2. The highest BCUT2D eigenvalue weighted by molar-refractivity contribution is 6.10. The summed E-state index contributed by atoms with van der Waals surface area (Å²) in [6.45, 7) is 0. The van der Waals surface area contributed by atoms with Crippen molar-refractivity contribution in [2.45, 2.75) is 0 Å². The van der Waals surface area contributed by atoms with Crippen LogP contribution in [0.15, 0.2) is 48.5 Å². The van der Waals surface area contributed by atoms with Crippen LogP contribution < -0.4 is 9.47 Å². The van der Waals surface area contributed by atoms with Crippen molar-refractivity contribution in [1.29, 1.82) is 0 Å². The number of carbonyl (C=O) groups excluding carboxylic acids is 1. The van der Waals surface area contributed by atoms with Crippen LogP contribution in [0.5, 0.6) is 17.2 Å². The number of benzene rings is 2. The first-order valence-corrected chi connectivity index (χ1v) is 6.38. The average Bonchev–Trinajstić information content (AvgIpc) is 2.52. The second kappa shape index (κ2) is 6.61. The van der Waals surface area contributed by atoms with Gasteiger partial charge in [-0.15, -0.1) is 0 Å². The molecule has 0 bridgehead atoms. The summed E-state index contributed by atoms with van der Waals surface area (Å²) in [5.74, 6) is 0.627. The van der Waals surface area contributed by atoms with Crippen LogP contribution in [0.25, 0.3) is 6.08 Å². The molecule has 0 amide bonds. The Kier molecular flexibility index (Phi) is 4.61. The van der Waals surface area contributed by atoms with E-state index in [-0.39, 0.29) is 17.1 Å². The average molecular weight is 284 g/mol. The number of aromatic hydroxyl groups is 1. The number of hydrogen-bond acceptors (Lipinski definition) is 4. The fraction of sp³-hybridized carbons (Fsp3) is 0.118. The summed E-state index contributed by atoms with van der Waals surface area (Å²) in [7, 11) is 3.04. The van der Waals surface area contributed by atoms with Crippen molar-refractivity contribution in [3.05, 3.63) is 59.7 Å². The number of hydrogen-bond donors (Lipinski definition) is 1. The molecule has 2 aromatic carbocycles. The molecule has 0 aliphatic carbocycles. The molecule has 21 heavy (non-hydrogen) atoms. The van der Waals surface area contributed by atoms with Gasteiger partial charge in [0.05, 0.1) is 14.2 Å². The Morgan fingerprint density at radius 2 is 1.86 bits per heavy atom. The lowest BCUT2D eigenvalue weighted by Crippen LogP contribution is -1.99. The normalized spacial score (nSPS) is 10.6. The molecule has 0 unspecified atom stereocenters. The molecule has 0 heterocycles. The predicted octanol–water partition coefficient (Wildman–Crippen LogP) is 3.31. The molecule has 0 aromatic heterocycles. The van der Waals surface area contributed by atoms with Crippen molar-refractivity contribution in [1.82, 2.24) is 0 Å². The molecule has 0 aliphatic heterocycles. The molecule has 4 nitrogen and oxygen atoms in total. The van der Waals surface area contributed by atoms with Crippen LogP contribution >= 0.6 is 0 Å². The largest absolute Gasteiger partial charge is 0.507 e. The van der Waals surface area contributed by atoms with Gasteiger partial charge in [0.1, 0.15) is 22.8 Å². The summed E-state index contributed by atoms with van der Waals surface area (Å²) in [4.78, 5) is 12.2. The van der Waals surface area contributed by atoms with E-state index in [1.54, 1.807) is 25.3 Å². The van der Waals surface area contributed by atoms with Gasteiger partial charge in [0.15, 0.2) is 5.78 Å². The van der Waals surface area contributed by atoms with E-state index >= 15 is 0 Å². The molecule has 0 atom stereocenters. The number of ketones is 1. The first kappa shape index (κ1) is 14.7. The summed E-state index contributed by atoms with van der Waals surface area (Å²) in [5, 5.41) is 9.82. The Labute approximate surface area is 123 Å². The zero-order valence-corrected chi connectivity index (χ0v) is 11.9. The van der Waals surface area contributed by atoms with E-state index in [9.17, 15) is 9.90 Å². The quantitative estimate of drug-likeness (QED) is 0.676. The van der Waals surface area contributed by atoms with Crippen LogP contribution in [0.3, 0.4) is 0 Å². The molecule has 108 valence electrons. The lowest BCUT2D eigenvalue weighted by Gasteiger charge is -2.07.